The first kappa shape index (κ1) is 13.8. The first-order valence-electron chi connectivity index (χ1n) is 7.16. The molecular weight excluding hydrogens is 259 g/mol. The molecule has 0 aliphatic carbocycles. The van der Waals surface area contributed by atoms with Gasteiger partial charge in [-0.25, -0.2) is 4.39 Å². The zero-order valence-corrected chi connectivity index (χ0v) is 11.7. The lowest BCUT2D eigenvalue weighted by Gasteiger charge is -2.38. The van der Waals surface area contributed by atoms with Crippen molar-refractivity contribution in [1.29, 1.82) is 0 Å². The van der Waals surface area contributed by atoms with Crippen molar-refractivity contribution in [3.05, 3.63) is 29.6 Å². The number of nitrogens with zero attached hydrogens (tertiary/aromatic N) is 1. The molecule has 1 aromatic rings. The van der Waals surface area contributed by atoms with Crippen molar-refractivity contribution < 1.29 is 13.9 Å². The smallest absolute Gasteiger partial charge is 0.123 e. The van der Waals surface area contributed by atoms with Crippen LogP contribution in [0.5, 0.6) is 5.75 Å². The number of nitrogens with two attached hydrogens (primary N) is 1. The molecule has 0 bridgehead atoms. The van der Waals surface area contributed by atoms with Gasteiger partial charge >= 0.3 is 0 Å². The van der Waals surface area contributed by atoms with Crippen molar-refractivity contribution in [2.24, 2.45) is 5.73 Å². The molecule has 5 heteroatoms. The highest BCUT2D eigenvalue weighted by Gasteiger charge is 2.30. The molecule has 2 aliphatic heterocycles. The summed E-state index contributed by atoms with van der Waals surface area (Å²) in [6.45, 7) is 5.06. The van der Waals surface area contributed by atoms with Gasteiger partial charge in [0.2, 0.25) is 0 Å². The second-order valence-electron chi connectivity index (χ2n) is 5.69. The van der Waals surface area contributed by atoms with Crippen molar-refractivity contribution in [2.75, 3.05) is 26.2 Å². The summed E-state index contributed by atoms with van der Waals surface area (Å²) < 4.78 is 24.8. The van der Waals surface area contributed by atoms with E-state index in [-0.39, 0.29) is 18.0 Å². The van der Waals surface area contributed by atoms with Gasteiger partial charge in [-0.2, -0.15) is 0 Å². The summed E-state index contributed by atoms with van der Waals surface area (Å²) in [6.07, 6.45) is 0.961. The first-order valence-corrected chi connectivity index (χ1v) is 7.16. The van der Waals surface area contributed by atoms with E-state index in [9.17, 15) is 4.39 Å². The van der Waals surface area contributed by atoms with Crippen LogP contribution in [0.2, 0.25) is 0 Å². The molecule has 2 heterocycles. The number of ether oxygens (including phenoxy) is 2. The molecule has 3 unspecified atom stereocenters. The minimum atomic E-state index is -0.198. The Kier molecular flexibility index (Phi) is 3.92. The Morgan fingerprint density at radius 2 is 2.25 bits per heavy atom. The summed E-state index contributed by atoms with van der Waals surface area (Å²) in [5.41, 5.74) is 6.64. The molecule has 110 valence electrons. The second-order valence-corrected chi connectivity index (χ2v) is 5.69. The first-order chi connectivity index (χ1) is 9.65. The molecule has 1 fully saturated rings. The Hall–Kier alpha value is -1.17. The number of rotatable bonds is 3. The minimum absolute atomic E-state index is 0.0887. The Balaban J connectivity index is 1.62. The lowest BCUT2D eigenvalue weighted by Crippen LogP contribution is -2.53. The monoisotopic (exact) mass is 280 g/mol. The molecule has 3 rings (SSSR count). The van der Waals surface area contributed by atoms with E-state index in [2.05, 4.69) is 11.8 Å². The van der Waals surface area contributed by atoms with Gasteiger partial charge in [0, 0.05) is 37.7 Å². The van der Waals surface area contributed by atoms with E-state index in [0.717, 1.165) is 30.8 Å². The maximum absolute atomic E-state index is 13.2. The summed E-state index contributed by atoms with van der Waals surface area (Å²) >= 11 is 0. The summed E-state index contributed by atoms with van der Waals surface area (Å²) in [5, 5.41) is 0. The molecular formula is C15H21FN2O2. The van der Waals surface area contributed by atoms with Gasteiger partial charge in [0.25, 0.3) is 0 Å². The van der Waals surface area contributed by atoms with E-state index in [0.29, 0.717) is 19.2 Å². The van der Waals surface area contributed by atoms with Crippen LogP contribution in [0.4, 0.5) is 4.39 Å². The van der Waals surface area contributed by atoms with E-state index in [4.69, 9.17) is 15.2 Å². The zero-order chi connectivity index (χ0) is 14.1. The molecule has 20 heavy (non-hydrogen) atoms. The Morgan fingerprint density at radius 3 is 3.05 bits per heavy atom. The summed E-state index contributed by atoms with van der Waals surface area (Å²) in [4.78, 5) is 2.36. The molecule has 0 radical (unpaired) electrons. The number of halogens is 1. The van der Waals surface area contributed by atoms with Crippen molar-refractivity contribution in [2.45, 2.75) is 31.6 Å². The van der Waals surface area contributed by atoms with Gasteiger partial charge in [0.1, 0.15) is 17.7 Å². The van der Waals surface area contributed by atoms with Gasteiger partial charge in [0.05, 0.1) is 12.7 Å². The SMILES string of the molecule is CC1COC(CN)CN1CC1Cc2cc(F)ccc2O1. The zero-order valence-electron chi connectivity index (χ0n) is 11.7. The van der Waals surface area contributed by atoms with E-state index < -0.39 is 0 Å². The van der Waals surface area contributed by atoms with Gasteiger partial charge in [-0.3, -0.25) is 4.90 Å². The van der Waals surface area contributed by atoms with Gasteiger partial charge < -0.3 is 15.2 Å². The van der Waals surface area contributed by atoms with Gasteiger partial charge in [-0.05, 0) is 25.1 Å². The third kappa shape index (κ3) is 2.80. The van der Waals surface area contributed by atoms with Crippen LogP contribution in [0.1, 0.15) is 12.5 Å². The average molecular weight is 280 g/mol. The number of hydrogen-bond acceptors (Lipinski definition) is 4. The van der Waals surface area contributed by atoms with Crippen LogP contribution in [-0.2, 0) is 11.2 Å². The minimum Gasteiger partial charge on any atom is -0.488 e. The van der Waals surface area contributed by atoms with Crippen LogP contribution in [0.15, 0.2) is 18.2 Å². The Labute approximate surface area is 118 Å². The van der Waals surface area contributed by atoms with Gasteiger partial charge in [-0.15, -0.1) is 0 Å². The van der Waals surface area contributed by atoms with Crippen molar-refractivity contribution in [3.8, 4) is 5.75 Å². The number of hydrogen-bond donors (Lipinski definition) is 1. The van der Waals surface area contributed by atoms with Crippen molar-refractivity contribution in [1.82, 2.24) is 4.90 Å². The summed E-state index contributed by atoms with van der Waals surface area (Å²) in [6, 6.07) is 5.10. The van der Waals surface area contributed by atoms with E-state index in [1.165, 1.54) is 6.07 Å². The van der Waals surface area contributed by atoms with Crippen LogP contribution in [0.25, 0.3) is 0 Å². The third-order valence-electron chi connectivity index (χ3n) is 4.10. The highest BCUT2D eigenvalue weighted by Crippen LogP contribution is 2.30. The number of morpholine rings is 1. The van der Waals surface area contributed by atoms with Crippen molar-refractivity contribution >= 4 is 0 Å². The molecule has 2 aliphatic rings. The van der Waals surface area contributed by atoms with Crippen LogP contribution in [0.3, 0.4) is 0 Å². The van der Waals surface area contributed by atoms with Gasteiger partial charge in [0.15, 0.2) is 0 Å². The largest absolute Gasteiger partial charge is 0.488 e. The summed E-state index contributed by atoms with van der Waals surface area (Å²) in [7, 11) is 0. The Morgan fingerprint density at radius 1 is 1.40 bits per heavy atom. The maximum atomic E-state index is 13.2. The molecule has 0 spiro atoms. The second kappa shape index (κ2) is 5.68. The molecule has 0 amide bonds. The molecule has 4 nitrogen and oxygen atoms in total. The lowest BCUT2D eigenvalue weighted by molar-refractivity contribution is -0.0618. The molecule has 1 saturated heterocycles. The Bertz CT molecular complexity index is 483. The fourth-order valence-corrected chi connectivity index (χ4v) is 2.92. The molecule has 2 N–H and O–H groups in total. The standard InChI is InChI=1S/C15H21FN2O2/c1-10-9-19-14(6-17)8-18(10)7-13-5-11-4-12(16)2-3-15(11)20-13/h2-4,10,13-14H,5-9,17H2,1H3. The molecule has 0 aromatic heterocycles. The molecule has 0 saturated carbocycles. The average Bonchev–Trinajstić information content (AvgIpc) is 2.82. The normalized spacial score (nSPS) is 30.1. The quantitative estimate of drug-likeness (QED) is 0.903. The van der Waals surface area contributed by atoms with E-state index in [1.54, 1.807) is 12.1 Å². The fraction of sp³-hybridized carbons (Fsp3) is 0.600. The van der Waals surface area contributed by atoms with Gasteiger partial charge in [-0.1, -0.05) is 0 Å². The van der Waals surface area contributed by atoms with E-state index in [1.807, 2.05) is 0 Å². The third-order valence-corrected chi connectivity index (χ3v) is 4.10. The van der Waals surface area contributed by atoms with Crippen molar-refractivity contribution in [3.63, 3.8) is 0 Å². The highest BCUT2D eigenvalue weighted by molar-refractivity contribution is 5.37. The molecule has 3 atom stereocenters. The lowest BCUT2D eigenvalue weighted by atomic mass is 10.1. The maximum Gasteiger partial charge on any atom is 0.123 e. The highest BCUT2D eigenvalue weighted by atomic mass is 19.1. The van der Waals surface area contributed by atoms with Crippen LogP contribution < -0.4 is 10.5 Å². The van der Waals surface area contributed by atoms with Crippen LogP contribution in [0, 0.1) is 5.82 Å². The fourth-order valence-electron chi connectivity index (χ4n) is 2.92. The molecule has 1 aromatic carbocycles. The van der Waals surface area contributed by atoms with Crippen LogP contribution in [-0.4, -0.2) is 49.4 Å². The predicted octanol–water partition coefficient (Wildman–Crippen LogP) is 1.18. The predicted molar refractivity (Wildman–Crippen MR) is 74.3 cm³/mol. The number of fused-ring (bicyclic) bond motifs is 1. The number of benzene rings is 1. The topological polar surface area (TPSA) is 47.7 Å². The van der Waals surface area contributed by atoms with E-state index >= 15 is 0 Å². The summed E-state index contributed by atoms with van der Waals surface area (Å²) in [5.74, 6) is 0.614. The van der Waals surface area contributed by atoms with Crippen LogP contribution >= 0.6 is 0 Å².